The molecule has 0 aromatic rings. The zero-order chi connectivity index (χ0) is 11.1. The average molecular weight is 213 g/mol. The topological polar surface area (TPSA) is 70.6 Å². The maximum Gasteiger partial charge on any atom is 0.139 e. The van der Waals surface area contributed by atoms with Gasteiger partial charge >= 0.3 is 0 Å². The molecule has 0 spiro atoms. The minimum Gasteiger partial charge on any atom is -0.409 e. The average Bonchev–Trinajstić information content (AvgIpc) is 2.20. The molecule has 4 heteroatoms. The summed E-state index contributed by atoms with van der Waals surface area (Å²) < 4.78 is 0. The zero-order valence-electron chi connectivity index (χ0n) is 9.63. The Morgan fingerprint density at radius 1 is 1.47 bits per heavy atom. The van der Waals surface area contributed by atoms with Crippen molar-refractivity contribution in [2.75, 3.05) is 6.54 Å². The van der Waals surface area contributed by atoms with Crippen molar-refractivity contribution in [1.29, 1.82) is 0 Å². The number of nitrogens with two attached hydrogens (primary N) is 1. The zero-order valence-corrected chi connectivity index (χ0v) is 9.63. The van der Waals surface area contributed by atoms with Crippen molar-refractivity contribution in [3.63, 3.8) is 0 Å². The molecule has 1 aliphatic carbocycles. The molecule has 0 radical (unpaired) electrons. The molecule has 1 rings (SSSR count). The molecule has 0 aromatic carbocycles. The third-order valence-electron chi connectivity index (χ3n) is 3.48. The highest BCUT2D eigenvalue weighted by atomic mass is 16.4. The maximum atomic E-state index is 8.35. The Morgan fingerprint density at radius 3 is 2.67 bits per heavy atom. The second kappa shape index (κ2) is 5.95. The van der Waals surface area contributed by atoms with E-state index in [4.69, 9.17) is 10.9 Å². The number of hydrogen-bond donors (Lipinski definition) is 3. The third kappa shape index (κ3) is 3.70. The number of unbranched alkanes of at least 4 members (excludes halogenated alkanes) is 1. The van der Waals surface area contributed by atoms with E-state index in [0.717, 1.165) is 19.4 Å². The van der Waals surface area contributed by atoms with Gasteiger partial charge in [0.05, 0.1) is 0 Å². The van der Waals surface area contributed by atoms with Gasteiger partial charge in [-0.25, -0.2) is 0 Å². The fraction of sp³-hybridized carbons (Fsp3) is 0.909. The summed E-state index contributed by atoms with van der Waals surface area (Å²) >= 11 is 0. The highest BCUT2D eigenvalue weighted by Gasteiger charge is 2.33. The van der Waals surface area contributed by atoms with Gasteiger partial charge in [0.2, 0.25) is 0 Å². The van der Waals surface area contributed by atoms with Gasteiger partial charge in [-0.05, 0) is 45.1 Å². The molecule has 0 atom stereocenters. The summed E-state index contributed by atoms with van der Waals surface area (Å²) in [6, 6.07) is 0. The number of rotatable bonds is 7. The monoisotopic (exact) mass is 213 g/mol. The van der Waals surface area contributed by atoms with Crippen LogP contribution in [0.3, 0.4) is 0 Å². The van der Waals surface area contributed by atoms with Crippen LogP contribution < -0.4 is 11.1 Å². The van der Waals surface area contributed by atoms with Gasteiger partial charge in [-0.1, -0.05) is 12.1 Å². The van der Waals surface area contributed by atoms with E-state index in [1.807, 2.05) is 0 Å². The van der Waals surface area contributed by atoms with Gasteiger partial charge in [0, 0.05) is 12.0 Å². The molecule has 1 aliphatic rings. The highest BCUT2D eigenvalue weighted by Crippen LogP contribution is 2.34. The van der Waals surface area contributed by atoms with Gasteiger partial charge in [-0.3, -0.25) is 0 Å². The normalized spacial score (nSPS) is 19.9. The van der Waals surface area contributed by atoms with Gasteiger partial charge in [0.1, 0.15) is 5.84 Å². The van der Waals surface area contributed by atoms with Crippen LogP contribution in [-0.2, 0) is 0 Å². The summed E-state index contributed by atoms with van der Waals surface area (Å²) in [6.07, 6.45) is 8.02. The molecule has 88 valence electrons. The smallest absolute Gasteiger partial charge is 0.139 e. The van der Waals surface area contributed by atoms with E-state index in [-0.39, 0.29) is 0 Å². The molecule has 0 amide bonds. The second-order valence-corrected chi connectivity index (χ2v) is 4.46. The van der Waals surface area contributed by atoms with Crippen LogP contribution in [0.2, 0.25) is 0 Å². The Labute approximate surface area is 91.9 Å². The van der Waals surface area contributed by atoms with Crippen molar-refractivity contribution >= 4 is 5.84 Å². The molecular formula is C11H23N3O. The van der Waals surface area contributed by atoms with E-state index in [1.54, 1.807) is 0 Å². The highest BCUT2D eigenvalue weighted by molar-refractivity contribution is 5.79. The lowest BCUT2D eigenvalue weighted by molar-refractivity contribution is 0.177. The molecular weight excluding hydrogens is 190 g/mol. The minimum atomic E-state index is 0.337. The lowest BCUT2D eigenvalue weighted by atomic mass is 9.75. The van der Waals surface area contributed by atoms with E-state index in [1.165, 1.54) is 25.7 Å². The van der Waals surface area contributed by atoms with E-state index in [2.05, 4.69) is 17.4 Å². The minimum absolute atomic E-state index is 0.337. The largest absolute Gasteiger partial charge is 0.409 e. The summed E-state index contributed by atoms with van der Waals surface area (Å²) in [5.41, 5.74) is 5.83. The van der Waals surface area contributed by atoms with Gasteiger partial charge in [-0.2, -0.15) is 0 Å². The summed E-state index contributed by atoms with van der Waals surface area (Å²) in [5.74, 6) is 0.337. The lowest BCUT2D eigenvalue weighted by Crippen LogP contribution is -2.50. The van der Waals surface area contributed by atoms with E-state index < -0.39 is 0 Å². The van der Waals surface area contributed by atoms with Crippen LogP contribution in [0.5, 0.6) is 0 Å². The van der Waals surface area contributed by atoms with Crippen LogP contribution >= 0.6 is 0 Å². The number of oxime groups is 1. The molecule has 0 aromatic heterocycles. The van der Waals surface area contributed by atoms with Gasteiger partial charge in [0.25, 0.3) is 0 Å². The van der Waals surface area contributed by atoms with Crippen LogP contribution in [-0.4, -0.2) is 23.1 Å². The van der Waals surface area contributed by atoms with Crippen molar-refractivity contribution in [2.45, 2.75) is 57.4 Å². The Bertz CT molecular complexity index is 206. The fourth-order valence-corrected chi connectivity index (χ4v) is 2.09. The number of amidine groups is 1. The van der Waals surface area contributed by atoms with Crippen LogP contribution in [0.15, 0.2) is 5.16 Å². The molecule has 15 heavy (non-hydrogen) atoms. The molecule has 1 saturated carbocycles. The standard InChI is InChI=1S/C11H23N3O/c1-2-11(7-5-8-11)13-9-4-3-6-10(12)14-15/h13,15H,2-9H2,1H3,(H2,12,14). The summed E-state index contributed by atoms with van der Waals surface area (Å²) in [5, 5.41) is 14.9. The predicted octanol–water partition coefficient (Wildman–Crippen LogP) is 1.83. The number of nitrogens with zero attached hydrogens (tertiary/aromatic N) is 1. The molecule has 0 heterocycles. The summed E-state index contributed by atoms with van der Waals surface area (Å²) in [7, 11) is 0. The quantitative estimate of drug-likeness (QED) is 0.199. The summed E-state index contributed by atoms with van der Waals surface area (Å²) in [6.45, 7) is 3.30. The molecule has 4 nitrogen and oxygen atoms in total. The Balaban J connectivity index is 2.01. The maximum absolute atomic E-state index is 8.35. The number of nitrogens with one attached hydrogen (secondary N) is 1. The third-order valence-corrected chi connectivity index (χ3v) is 3.48. The van der Waals surface area contributed by atoms with Crippen LogP contribution in [0.1, 0.15) is 51.9 Å². The van der Waals surface area contributed by atoms with Crippen molar-refractivity contribution < 1.29 is 5.21 Å². The summed E-state index contributed by atoms with van der Waals surface area (Å²) in [4.78, 5) is 0. The van der Waals surface area contributed by atoms with Crippen molar-refractivity contribution in [3.05, 3.63) is 0 Å². The predicted molar refractivity (Wildman–Crippen MR) is 62.1 cm³/mol. The van der Waals surface area contributed by atoms with Crippen molar-refractivity contribution in [2.24, 2.45) is 10.9 Å². The molecule has 0 saturated heterocycles. The first-order valence-electron chi connectivity index (χ1n) is 5.94. The number of hydrogen-bond acceptors (Lipinski definition) is 3. The first-order valence-corrected chi connectivity index (χ1v) is 5.94. The Kier molecular flexibility index (Phi) is 4.88. The molecule has 0 bridgehead atoms. The molecule has 4 N–H and O–H groups in total. The SMILES string of the molecule is CCC1(NCCCCC(N)=NO)CCC1. The lowest BCUT2D eigenvalue weighted by Gasteiger charge is -2.42. The Morgan fingerprint density at radius 2 is 2.20 bits per heavy atom. The van der Waals surface area contributed by atoms with Crippen LogP contribution in [0, 0.1) is 0 Å². The second-order valence-electron chi connectivity index (χ2n) is 4.46. The molecule has 0 unspecified atom stereocenters. The van der Waals surface area contributed by atoms with E-state index >= 15 is 0 Å². The van der Waals surface area contributed by atoms with Gasteiger partial charge < -0.3 is 16.3 Å². The van der Waals surface area contributed by atoms with Crippen molar-refractivity contribution in [3.8, 4) is 0 Å². The fourth-order valence-electron chi connectivity index (χ4n) is 2.09. The van der Waals surface area contributed by atoms with Crippen LogP contribution in [0.4, 0.5) is 0 Å². The van der Waals surface area contributed by atoms with Gasteiger partial charge in [0.15, 0.2) is 0 Å². The molecule has 0 aliphatic heterocycles. The van der Waals surface area contributed by atoms with Gasteiger partial charge in [-0.15, -0.1) is 0 Å². The van der Waals surface area contributed by atoms with E-state index in [9.17, 15) is 0 Å². The molecule has 1 fully saturated rings. The van der Waals surface area contributed by atoms with Crippen LogP contribution in [0.25, 0.3) is 0 Å². The Hall–Kier alpha value is -0.770. The van der Waals surface area contributed by atoms with Crippen molar-refractivity contribution in [1.82, 2.24) is 5.32 Å². The first-order chi connectivity index (χ1) is 7.22. The van der Waals surface area contributed by atoms with E-state index in [0.29, 0.717) is 17.8 Å². The first kappa shape index (κ1) is 12.3.